The van der Waals surface area contributed by atoms with Crippen LogP contribution in [0.3, 0.4) is 0 Å². The summed E-state index contributed by atoms with van der Waals surface area (Å²) in [5.74, 6) is -0.696. The van der Waals surface area contributed by atoms with Crippen molar-refractivity contribution in [3.8, 4) is 0 Å². The molecular formula is C15H19ClN2O4S. The van der Waals surface area contributed by atoms with Crippen molar-refractivity contribution in [1.29, 1.82) is 0 Å². The number of benzene rings is 1. The third kappa shape index (κ3) is 5.21. The quantitative estimate of drug-likeness (QED) is 0.796. The Morgan fingerprint density at radius 1 is 1.30 bits per heavy atom. The third-order valence-electron chi connectivity index (χ3n) is 3.86. The van der Waals surface area contributed by atoms with Gasteiger partial charge in [0.1, 0.15) is 6.42 Å². The second-order valence-corrected chi connectivity index (χ2v) is 8.31. The lowest BCUT2D eigenvalue weighted by molar-refractivity contribution is -0.136. The molecule has 0 radical (unpaired) electrons. The predicted octanol–water partition coefficient (Wildman–Crippen LogP) is 0.992. The normalized spacial score (nSPS) is 19.3. The van der Waals surface area contributed by atoms with E-state index in [2.05, 4.69) is 5.32 Å². The van der Waals surface area contributed by atoms with Crippen molar-refractivity contribution in [2.45, 2.75) is 25.4 Å². The maximum absolute atomic E-state index is 12.1. The molecule has 0 bridgehead atoms. The predicted molar refractivity (Wildman–Crippen MR) is 87.7 cm³/mol. The monoisotopic (exact) mass is 358 g/mol. The largest absolute Gasteiger partial charge is 0.352 e. The van der Waals surface area contributed by atoms with E-state index < -0.39 is 15.7 Å². The van der Waals surface area contributed by atoms with Gasteiger partial charge in [0, 0.05) is 24.7 Å². The van der Waals surface area contributed by atoms with Gasteiger partial charge in [0.2, 0.25) is 11.8 Å². The molecule has 8 heteroatoms. The number of hydrogen-bond acceptors (Lipinski definition) is 4. The lowest BCUT2D eigenvalue weighted by atomic mass is 10.2. The highest BCUT2D eigenvalue weighted by Gasteiger charge is 2.33. The molecule has 1 aromatic rings. The van der Waals surface area contributed by atoms with Crippen LogP contribution in [0.25, 0.3) is 0 Å². The summed E-state index contributed by atoms with van der Waals surface area (Å²) in [4.78, 5) is 25.3. The van der Waals surface area contributed by atoms with E-state index in [0.29, 0.717) is 18.0 Å². The first-order valence-electron chi connectivity index (χ1n) is 7.24. The van der Waals surface area contributed by atoms with Gasteiger partial charge in [0.15, 0.2) is 9.84 Å². The molecule has 6 nitrogen and oxygen atoms in total. The van der Waals surface area contributed by atoms with Crippen LogP contribution in [-0.4, -0.2) is 49.7 Å². The fourth-order valence-electron chi connectivity index (χ4n) is 2.41. The summed E-state index contributed by atoms with van der Waals surface area (Å²) in [6.07, 6.45) is 0.137. The standard InChI is InChI=1S/C15H19ClN2O4S/c1-18(13-6-7-23(21,22)10-13)15(20)8-14(19)17-9-11-2-4-12(16)5-3-11/h2-5,13H,6-10H2,1H3,(H,17,19). The van der Waals surface area contributed by atoms with Crippen LogP contribution in [-0.2, 0) is 26.0 Å². The number of hydrogen-bond donors (Lipinski definition) is 1. The Morgan fingerprint density at radius 3 is 2.52 bits per heavy atom. The maximum atomic E-state index is 12.1. The molecule has 1 saturated heterocycles. The SMILES string of the molecule is CN(C(=O)CC(=O)NCc1ccc(Cl)cc1)C1CCS(=O)(=O)C1. The second kappa shape index (κ2) is 7.31. The zero-order chi connectivity index (χ0) is 17.0. The zero-order valence-corrected chi connectivity index (χ0v) is 14.4. The topological polar surface area (TPSA) is 83.6 Å². The number of amides is 2. The first kappa shape index (κ1) is 17.7. The molecule has 0 saturated carbocycles. The van der Waals surface area contributed by atoms with Crippen molar-refractivity contribution in [2.75, 3.05) is 18.6 Å². The summed E-state index contributed by atoms with van der Waals surface area (Å²) in [7, 11) is -1.52. The van der Waals surface area contributed by atoms with Crippen LogP contribution in [0, 0.1) is 0 Å². The van der Waals surface area contributed by atoms with Crippen molar-refractivity contribution >= 4 is 33.3 Å². The lowest BCUT2D eigenvalue weighted by Crippen LogP contribution is -2.40. The Balaban J connectivity index is 1.80. The molecule has 1 heterocycles. The average Bonchev–Trinajstić information content (AvgIpc) is 2.86. The van der Waals surface area contributed by atoms with Crippen LogP contribution >= 0.6 is 11.6 Å². The molecule has 23 heavy (non-hydrogen) atoms. The molecule has 0 aromatic heterocycles. The van der Waals surface area contributed by atoms with E-state index in [-0.39, 0.29) is 29.9 Å². The number of nitrogens with zero attached hydrogens (tertiary/aromatic N) is 1. The summed E-state index contributed by atoms with van der Waals surface area (Å²) in [5, 5.41) is 3.28. The van der Waals surface area contributed by atoms with E-state index >= 15 is 0 Å². The van der Waals surface area contributed by atoms with Crippen molar-refractivity contribution in [3.63, 3.8) is 0 Å². The highest BCUT2D eigenvalue weighted by Crippen LogP contribution is 2.17. The van der Waals surface area contributed by atoms with Crippen LogP contribution in [0.2, 0.25) is 5.02 Å². The van der Waals surface area contributed by atoms with Gasteiger partial charge in [-0.2, -0.15) is 0 Å². The number of carbonyl (C=O) groups is 2. The average molecular weight is 359 g/mol. The van der Waals surface area contributed by atoms with Gasteiger partial charge in [-0.1, -0.05) is 23.7 Å². The maximum Gasteiger partial charge on any atom is 0.232 e. The molecule has 2 amide bonds. The molecule has 1 N–H and O–H groups in total. The van der Waals surface area contributed by atoms with E-state index in [1.807, 2.05) is 0 Å². The molecule has 2 rings (SSSR count). The van der Waals surface area contributed by atoms with Gasteiger partial charge in [-0.3, -0.25) is 9.59 Å². The summed E-state index contributed by atoms with van der Waals surface area (Å²) in [5.41, 5.74) is 0.880. The molecule has 1 aliphatic rings. The molecule has 1 unspecified atom stereocenters. The fraction of sp³-hybridized carbons (Fsp3) is 0.467. The first-order chi connectivity index (χ1) is 10.8. The minimum Gasteiger partial charge on any atom is -0.352 e. The van der Waals surface area contributed by atoms with Gasteiger partial charge in [0.25, 0.3) is 0 Å². The third-order valence-corrected chi connectivity index (χ3v) is 5.87. The van der Waals surface area contributed by atoms with Crippen LogP contribution in [0.15, 0.2) is 24.3 Å². The minimum absolute atomic E-state index is 0.0262. The van der Waals surface area contributed by atoms with Crippen LogP contribution in [0.1, 0.15) is 18.4 Å². The van der Waals surface area contributed by atoms with Gasteiger partial charge >= 0.3 is 0 Å². The lowest BCUT2D eigenvalue weighted by Gasteiger charge is -2.23. The second-order valence-electron chi connectivity index (χ2n) is 5.64. The summed E-state index contributed by atoms with van der Waals surface area (Å²) in [6.45, 7) is 0.310. The Kier molecular flexibility index (Phi) is 5.64. The van der Waals surface area contributed by atoms with Crippen LogP contribution in [0.4, 0.5) is 0 Å². The number of halogens is 1. The molecule has 1 aliphatic heterocycles. The Hall–Kier alpha value is -1.60. The van der Waals surface area contributed by atoms with E-state index in [9.17, 15) is 18.0 Å². The molecule has 1 aromatic carbocycles. The van der Waals surface area contributed by atoms with Gasteiger partial charge in [-0.05, 0) is 24.1 Å². The molecule has 1 atom stereocenters. The Morgan fingerprint density at radius 2 is 1.96 bits per heavy atom. The highest BCUT2D eigenvalue weighted by molar-refractivity contribution is 7.91. The smallest absolute Gasteiger partial charge is 0.232 e. The van der Waals surface area contributed by atoms with Gasteiger partial charge in [-0.25, -0.2) is 8.42 Å². The molecule has 0 spiro atoms. The molecule has 0 aliphatic carbocycles. The number of carbonyl (C=O) groups excluding carboxylic acids is 2. The summed E-state index contributed by atoms with van der Waals surface area (Å²) in [6, 6.07) is 6.70. The van der Waals surface area contributed by atoms with E-state index in [1.54, 1.807) is 31.3 Å². The van der Waals surface area contributed by atoms with E-state index in [1.165, 1.54) is 4.90 Å². The molecular weight excluding hydrogens is 340 g/mol. The molecule has 126 valence electrons. The van der Waals surface area contributed by atoms with Crippen molar-refractivity contribution in [1.82, 2.24) is 10.2 Å². The van der Waals surface area contributed by atoms with Crippen molar-refractivity contribution in [3.05, 3.63) is 34.9 Å². The zero-order valence-electron chi connectivity index (χ0n) is 12.8. The van der Waals surface area contributed by atoms with Crippen LogP contribution in [0.5, 0.6) is 0 Å². The number of rotatable bonds is 5. The fourth-order valence-corrected chi connectivity index (χ4v) is 4.31. The Labute approximate surface area is 140 Å². The van der Waals surface area contributed by atoms with Crippen molar-refractivity contribution < 1.29 is 18.0 Å². The van der Waals surface area contributed by atoms with Gasteiger partial charge in [0.05, 0.1) is 11.5 Å². The highest BCUT2D eigenvalue weighted by atomic mass is 35.5. The Bertz CT molecular complexity index is 688. The summed E-state index contributed by atoms with van der Waals surface area (Å²) < 4.78 is 22.9. The number of nitrogens with one attached hydrogen (secondary N) is 1. The first-order valence-corrected chi connectivity index (χ1v) is 9.44. The summed E-state index contributed by atoms with van der Waals surface area (Å²) >= 11 is 5.78. The number of sulfone groups is 1. The van der Waals surface area contributed by atoms with Crippen molar-refractivity contribution in [2.24, 2.45) is 0 Å². The van der Waals surface area contributed by atoms with Crippen LogP contribution < -0.4 is 5.32 Å². The minimum atomic E-state index is -3.06. The van der Waals surface area contributed by atoms with E-state index in [4.69, 9.17) is 11.6 Å². The van der Waals surface area contributed by atoms with Gasteiger partial charge < -0.3 is 10.2 Å². The molecule has 1 fully saturated rings. The van der Waals surface area contributed by atoms with Gasteiger partial charge in [-0.15, -0.1) is 0 Å². The van der Waals surface area contributed by atoms with E-state index in [0.717, 1.165) is 5.56 Å².